The first-order chi connectivity index (χ1) is 11.1. The van der Waals surface area contributed by atoms with Crippen molar-refractivity contribution in [2.24, 2.45) is 0 Å². The minimum Gasteiger partial charge on any atom is -0.491 e. The van der Waals surface area contributed by atoms with Crippen molar-refractivity contribution in [1.29, 1.82) is 5.26 Å². The van der Waals surface area contributed by atoms with Crippen molar-refractivity contribution in [2.75, 3.05) is 20.2 Å². The predicted molar refractivity (Wildman–Crippen MR) is 93.1 cm³/mol. The van der Waals surface area contributed by atoms with Crippen molar-refractivity contribution < 1.29 is 9.84 Å². The largest absolute Gasteiger partial charge is 0.491 e. The molecule has 2 rings (SSSR count). The summed E-state index contributed by atoms with van der Waals surface area (Å²) in [5.74, 6) is 0.651. The van der Waals surface area contributed by atoms with E-state index in [0.717, 1.165) is 11.0 Å². The third-order valence-electron chi connectivity index (χ3n) is 3.31. The van der Waals surface area contributed by atoms with Crippen LogP contribution in [0, 0.1) is 11.3 Å². The first-order valence-corrected chi connectivity index (χ1v) is 8.10. The summed E-state index contributed by atoms with van der Waals surface area (Å²) in [6, 6.07) is 17.0. The van der Waals surface area contributed by atoms with Crippen LogP contribution in [0.5, 0.6) is 5.75 Å². The van der Waals surface area contributed by atoms with E-state index in [2.05, 4.69) is 39.0 Å². The molecule has 0 aliphatic rings. The maximum Gasteiger partial charge on any atom is 0.119 e. The lowest BCUT2D eigenvalue weighted by Gasteiger charge is -2.21. The molecule has 0 saturated heterocycles. The summed E-state index contributed by atoms with van der Waals surface area (Å²) in [5.41, 5.74) is 1.78. The summed E-state index contributed by atoms with van der Waals surface area (Å²) in [7, 11) is 1.97. The molecule has 1 N–H and O–H groups in total. The molecular weight excluding hydrogens is 356 g/mol. The van der Waals surface area contributed by atoms with E-state index in [1.165, 1.54) is 5.56 Å². The Bertz CT molecular complexity index is 650. The number of hydrogen-bond donors (Lipinski definition) is 1. The number of hydrogen-bond acceptors (Lipinski definition) is 4. The van der Waals surface area contributed by atoms with E-state index in [-0.39, 0.29) is 6.61 Å². The van der Waals surface area contributed by atoms with Crippen LogP contribution >= 0.6 is 15.9 Å². The van der Waals surface area contributed by atoms with Gasteiger partial charge < -0.3 is 9.84 Å². The Balaban J connectivity index is 1.76. The van der Waals surface area contributed by atoms with E-state index < -0.39 is 6.10 Å². The lowest BCUT2D eigenvalue weighted by molar-refractivity contribution is 0.0744. The van der Waals surface area contributed by atoms with Gasteiger partial charge in [0.05, 0.1) is 11.6 Å². The molecule has 4 nitrogen and oxygen atoms in total. The lowest BCUT2D eigenvalue weighted by atomic mass is 10.2. The van der Waals surface area contributed by atoms with E-state index in [0.29, 0.717) is 17.9 Å². The highest BCUT2D eigenvalue weighted by molar-refractivity contribution is 9.10. The second-order valence-electron chi connectivity index (χ2n) is 5.42. The van der Waals surface area contributed by atoms with Gasteiger partial charge in [0, 0.05) is 17.6 Å². The molecular formula is C18H19BrN2O2. The van der Waals surface area contributed by atoms with E-state index >= 15 is 0 Å². The number of aliphatic hydroxyl groups excluding tert-OH is 1. The van der Waals surface area contributed by atoms with Crippen LogP contribution in [0.4, 0.5) is 0 Å². The summed E-state index contributed by atoms with van der Waals surface area (Å²) in [6.45, 7) is 1.50. The van der Waals surface area contributed by atoms with Crippen molar-refractivity contribution in [3.8, 4) is 11.8 Å². The summed E-state index contributed by atoms with van der Waals surface area (Å²) < 4.78 is 6.60. The number of nitriles is 1. The monoisotopic (exact) mass is 374 g/mol. The number of rotatable bonds is 7. The van der Waals surface area contributed by atoms with Crippen molar-refractivity contribution >= 4 is 15.9 Å². The first kappa shape index (κ1) is 17.5. The summed E-state index contributed by atoms with van der Waals surface area (Å²) in [6.07, 6.45) is -0.578. The maximum atomic E-state index is 10.1. The van der Waals surface area contributed by atoms with Crippen molar-refractivity contribution in [1.82, 2.24) is 4.90 Å². The number of likely N-dealkylation sites (N-methyl/N-ethyl adjacent to an activating group) is 1. The average molecular weight is 375 g/mol. The van der Waals surface area contributed by atoms with Crippen LogP contribution in [-0.4, -0.2) is 36.3 Å². The number of nitrogens with zero attached hydrogens (tertiary/aromatic N) is 2. The average Bonchev–Trinajstić information content (AvgIpc) is 2.55. The number of benzene rings is 2. The predicted octanol–water partition coefficient (Wildman–Crippen LogP) is 3.19. The highest BCUT2D eigenvalue weighted by Crippen LogP contribution is 2.13. The quantitative estimate of drug-likeness (QED) is 0.808. The molecule has 0 aromatic heterocycles. The molecule has 0 radical (unpaired) electrons. The minimum absolute atomic E-state index is 0.219. The highest BCUT2D eigenvalue weighted by atomic mass is 79.9. The Hall–Kier alpha value is -1.87. The van der Waals surface area contributed by atoms with Crippen molar-refractivity contribution in [3.05, 3.63) is 64.1 Å². The van der Waals surface area contributed by atoms with Crippen molar-refractivity contribution in [3.63, 3.8) is 0 Å². The van der Waals surface area contributed by atoms with Gasteiger partial charge in [-0.25, -0.2) is 0 Å². The molecule has 0 spiro atoms. The summed E-state index contributed by atoms with van der Waals surface area (Å²) >= 11 is 3.42. The molecule has 0 aliphatic heterocycles. The Morgan fingerprint density at radius 3 is 2.43 bits per heavy atom. The molecule has 0 fully saturated rings. The first-order valence-electron chi connectivity index (χ1n) is 7.31. The SMILES string of the molecule is CN(Cc1ccc(Br)cc1)CC(O)COc1ccc(C#N)cc1. The van der Waals surface area contributed by atoms with E-state index in [4.69, 9.17) is 10.00 Å². The second-order valence-corrected chi connectivity index (χ2v) is 6.34. The smallest absolute Gasteiger partial charge is 0.119 e. The van der Waals surface area contributed by atoms with Gasteiger partial charge in [0.2, 0.25) is 0 Å². The minimum atomic E-state index is -0.578. The molecule has 0 saturated carbocycles. The number of ether oxygens (including phenoxy) is 1. The molecule has 0 bridgehead atoms. The molecule has 5 heteroatoms. The summed E-state index contributed by atoms with van der Waals surface area (Å²) in [4.78, 5) is 2.05. The van der Waals surface area contributed by atoms with Gasteiger partial charge in [0.1, 0.15) is 18.5 Å². The standard InChI is InChI=1S/C18H19BrN2O2/c1-21(11-15-2-6-16(19)7-3-15)12-17(22)13-23-18-8-4-14(10-20)5-9-18/h2-9,17,22H,11-13H2,1H3. The topological polar surface area (TPSA) is 56.5 Å². The Labute approximate surface area is 145 Å². The van der Waals surface area contributed by atoms with Crippen LogP contribution in [0.25, 0.3) is 0 Å². The van der Waals surface area contributed by atoms with Gasteiger partial charge in [-0.3, -0.25) is 4.90 Å². The van der Waals surface area contributed by atoms with E-state index in [1.807, 2.05) is 19.2 Å². The normalized spacial score (nSPS) is 12.0. The lowest BCUT2D eigenvalue weighted by Crippen LogP contribution is -2.32. The summed E-state index contributed by atoms with van der Waals surface area (Å²) in [5, 5.41) is 18.8. The second kappa shape index (κ2) is 8.68. The molecule has 2 aromatic carbocycles. The van der Waals surface area contributed by atoms with Crippen LogP contribution < -0.4 is 4.74 Å². The molecule has 1 atom stereocenters. The fourth-order valence-electron chi connectivity index (χ4n) is 2.20. The van der Waals surface area contributed by atoms with Gasteiger partial charge in [0.15, 0.2) is 0 Å². The van der Waals surface area contributed by atoms with Crippen LogP contribution in [0.2, 0.25) is 0 Å². The van der Waals surface area contributed by atoms with E-state index in [1.54, 1.807) is 24.3 Å². The molecule has 0 amide bonds. The third kappa shape index (κ3) is 6.03. The third-order valence-corrected chi connectivity index (χ3v) is 3.84. The maximum absolute atomic E-state index is 10.1. The van der Waals surface area contributed by atoms with E-state index in [9.17, 15) is 5.11 Å². The van der Waals surface area contributed by atoms with Gasteiger partial charge in [-0.1, -0.05) is 28.1 Å². The molecule has 0 aliphatic carbocycles. The molecule has 2 aromatic rings. The highest BCUT2D eigenvalue weighted by Gasteiger charge is 2.10. The van der Waals surface area contributed by atoms with Crippen LogP contribution in [0.3, 0.4) is 0 Å². The molecule has 120 valence electrons. The zero-order valence-electron chi connectivity index (χ0n) is 12.9. The van der Waals surface area contributed by atoms with Crippen molar-refractivity contribution in [2.45, 2.75) is 12.6 Å². The number of aliphatic hydroxyl groups is 1. The molecule has 0 heterocycles. The van der Waals surface area contributed by atoms with Crippen LogP contribution in [0.15, 0.2) is 53.0 Å². The number of halogens is 1. The Morgan fingerprint density at radius 2 is 1.83 bits per heavy atom. The molecule has 23 heavy (non-hydrogen) atoms. The van der Waals surface area contributed by atoms with Gasteiger partial charge in [-0.15, -0.1) is 0 Å². The van der Waals surface area contributed by atoms with Gasteiger partial charge in [-0.05, 0) is 49.0 Å². The zero-order chi connectivity index (χ0) is 16.7. The zero-order valence-corrected chi connectivity index (χ0v) is 14.5. The Kier molecular flexibility index (Phi) is 6.60. The Morgan fingerprint density at radius 1 is 1.17 bits per heavy atom. The van der Waals surface area contributed by atoms with Gasteiger partial charge in [0.25, 0.3) is 0 Å². The fraction of sp³-hybridized carbons (Fsp3) is 0.278. The fourth-order valence-corrected chi connectivity index (χ4v) is 2.46. The van der Waals surface area contributed by atoms with Gasteiger partial charge >= 0.3 is 0 Å². The van der Waals surface area contributed by atoms with Gasteiger partial charge in [-0.2, -0.15) is 5.26 Å². The van der Waals surface area contributed by atoms with Crippen LogP contribution in [0.1, 0.15) is 11.1 Å². The molecule has 1 unspecified atom stereocenters. The van der Waals surface area contributed by atoms with Crippen LogP contribution in [-0.2, 0) is 6.54 Å².